The predicted octanol–water partition coefficient (Wildman–Crippen LogP) is 1.78. The second-order valence-corrected chi connectivity index (χ2v) is 5.02. The van der Waals surface area contributed by atoms with Crippen LogP contribution in [0.15, 0.2) is 36.4 Å². The van der Waals surface area contributed by atoms with E-state index < -0.39 is 0 Å². The highest BCUT2D eigenvalue weighted by Gasteiger charge is 2.24. The van der Waals surface area contributed by atoms with Gasteiger partial charge >= 0.3 is 0 Å². The number of hydrogen-bond donors (Lipinski definition) is 2. The molecule has 0 saturated carbocycles. The third-order valence-electron chi connectivity index (χ3n) is 3.28. The molecule has 20 heavy (non-hydrogen) atoms. The Kier molecular flexibility index (Phi) is 3.62. The number of fused-ring (bicyclic) bond motifs is 1. The summed E-state index contributed by atoms with van der Waals surface area (Å²) in [5.41, 5.74) is 2.44. The number of anilines is 1. The zero-order valence-corrected chi connectivity index (χ0v) is 11.4. The molecule has 2 heterocycles. The van der Waals surface area contributed by atoms with Crippen LogP contribution in [0.1, 0.15) is 11.1 Å². The van der Waals surface area contributed by atoms with E-state index in [0.717, 1.165) is 0 Å². The molecule has 1 atom stereocenters. The second-order valence-electron chi connectivity index (χ2n) is 4.64. The number of rotatable bonds is 2. The zero-order chi connectivity index (χ0) is 13.9. The molecule has 2 N–H and O–H groups in total. The van der Waals surface area contributed by atoms with Gasteiger partial charge in [-0.25, -0.2) is 0 Å². The van der Waals surface area contributed by atoms with Gasteiger partial charge in [0.2, 0.25) is 5.91 Å². The van der Waals surface area contributed by atoms with Crippen LogP contribution in [-0.2, 0) is 17.8 Å². The van der Waals surface area contributed by atoms with Crippen molar-refractivity contribution < 1.29 is 4.79 Å². The van der Waals surface area contributed by atoms with E-state index in [9.17, 15) is 4.79 Å². The van der Waals surface area contributed by atoms with E-state index in [0.29, 0.717) is 23.9 Å². The van der Waals surface area contributed by atoms with E-state index in [1.165, 1.54) is 11.1 Å². The minimum absolute atomic E-state index is 0.115. The maximum atomic E-state index is 12.2. The Hall–Kier alpha value is -1.98. The molecule has 1 aliphatic rings. The summed E-state index contributed by atoms with van der Waals surface area (Å²) in [7, 11) is 0. The van der Waals surface area contributed by atoms with Crippen molar-refractivity contribution in [2.75, 3.05) is 5.32 Å². The van der Waals surface area contributed by atoms with Crippen LogP contribution in [0.3, 0.4) is 0 Å². The Morgan fingerprint density at radius 1 is 1.20 bits per heavy atom. The highest BCUT2D eigenvalue weighted by molar-refractivity contribution is 6.29. The standard InChI is InChI=1S/C14H13ClN4O/c15-12-5-6-13(19-18-12)17-14(20)11-7-9-3-1-2-4-10(9)8-16-11/h1-6,11,16H,7-8H2,(H,17,19,20)/t11-/m1/s1. The van der Waals surface area contributed by atoms with Gasteiger partial charge in [0.1, 0.15) is 0 Å². The predicted molar refractivity (Wildman–Crippen MR) is 76.4 cm³/mol. The van der Waals surface area contributed by atoms with Crippen LogP contribution in [0.25, 0.3) is 0 Å². The SMILES string of the molecule is O=C(Nc1ccc(Cl)nn1)[C@H]1Cc2ccccc2CN1. The molecule has 6 heteroatoms. The topological polar surface area (TPSA) is 66.9 Å². The van der Waals surface area contributed by atoms with Gasteiger partial charge in [0.05, 0.1) is 6.04 Å². The normalized spacial score (nSPS) is 17.4. The molecule has 2 aromatic rings. The summed E-state index contributed by atoms with van der Waals surface area (Å²) in [6, 6.07) is 11.1. The third kappa shape index (κ3) is 2.79. The Balaban J connectivity index is 1.68. The van der Waals surface area contributed by atoms with Crippen molar-refractivity contribution in [2.45, 2.75) is 19.0 Å². The molecule has 102 valence electrons. The van der Waals surface area contributed by atoms with E-state index in [2.05, 4.69) is 33.0 Å². The largest absolute Gasteiger partial charge is 0.308 e. The summed E-state index contributed by atoms with van der Waals surface area (Å²) >= 11 is 5.65. The Morgan fingerprint density at radius 3 is 2.75 bits per heavy atom. The van der Waals surface area contributed by atoms with Gasteiger partial charge in [-0.1, -0.05) is 35.9 Å². The summed E-state index contributed by atoms with van der Waals surface area (Å²) in [5, 5.41) is 13.8. The summed E-state index contributed by atoms with van der Waals surface area (Å²) in [4.78, 5) is 12.2. The number of aromatic nitrogens is 2. The van der Waals surface area contributed by atoms with Crippen molar-refractivity contribution >= 4 is 23.3 Å². The molecule has 0 aliphatic carbocycles. The van der Waals surface area contributed by atoms with Crippen molar-refractivity contribution in [3.8, 4) is 0 Å². The van der Waals surface area contributed by atoms with Gasteiger partial charge in [0.15, 0.2) is 11.0 Å². The van der Waals surface area contributed by atoms with Gasteiger partial charge < -0.3 is 10.6 Å². The molecule has 1 aromatic heterocycles. The van der Waals surface area contributed by atoms with Crippen molar-refractivity contribution in [1.82, 2.24) is 15.5 Å². The lowest BCUT2D eigenvalue weighted by atomic mass is 9.95. The van der Waals surface area contributed by atoms with Crippen molar-refractivity contribution in [2.24, 2.45) is 0 Å². The smallest absolute Gasteiger partial charge is 0.243 e. The molecule has 0 radical (unpaired) electrons. The molecule has 3 rings (SSSR count). The molecule has 5 nitrogen and oxygen atoms in total. The van der Waals surface area contributed by atoms with Crippen LogP contribution in [0.4, 0.5) is 5.82 Å². The zero-order valence-electron chi connectivity index (χ0n) is 10.6. The van der Waals surface area contributed by atoms with E-state index in [4.69, 9.17) is 11.6 Å². The minimum atomic E-state index is -0.262. The lowest BCUT2D eigenvalue weighted by molar-refractivity contribution is -0.118. The quantitative estimate of drug-likeness (QED) is 0.884. The molecular weight excluding hydrogens is 276 g/mol. The number of carbonyl (C=O) groups is 1. The van der Waals surface area contributed by atoms with E-state index in [1.807, 2.05) is 12.1 Å². The first-order valence-electron chi connectivity index (χ1n) is 6.32. The number of benzene rings is 1. The molecule has 0 spiro atoms. The van der Waals surface area contributed by atoms with Crippen LogP contribution in [0.5, 0.6) is 0 Å². The van der Waals surface area contributed by atoms with E-state index in [-0.39, 0.29) is 11.9 Å². The number of hydrogen-bond acceptors (Lipinski definition) is 4. The fourth-order valence-corrected chi connectivity index (χ4v) is 2.34. The van der Waals surface area contributed by atoms with Crippen LogP contribution >= 0.6 is 11.6 Å². The molecule has 1 aromatic carbocycles. The van der Waals surface area contributed by atoms with Crippen LogP contribution in [0, 0.1) is 0 Å². The number of nitrogens with one attached hydrogen (secondary N) is 2. The first kappa shape index (κ1) is 13.0. The van der Waals surface area contributed by atoms with Gasteiger partial charge in [-0.15, -0.1) is 10.2 Å². The van der Waals surface area contributed by atoms with Crippen molar-refractivity contribution in [1.29, 1.82) is 0 Å². The Labute approximate surface area is 121 Å². The fourth-order valence-electron chi connectivity index (χ4n) is 2.24. The van der Waals surface area contributed by atoms with Crippen LogP contribution in [0.2, 0.25) is 5.15 Å². The summed E-state index contributed by atoms with van der Waals surface area (Å²) < 4.78 is 0. The molecule has 0 unspecified atom stereocenters. The van der Waals surface area contributed by atoms with Gasteiger partial charge in [-0.05, 0) is 29.7 Å². The minimum Gasteiger partial charge on any atom is -0.308 e. The molecule has 1 aliphatic heterocycles. The number of halogens is 1. The molecular formula is C14H13ClN4O. The van der Waals surface area contributed by atoms with Crippen molar-refractivity contribution in [3.63, 3.8) is 0 Å². The average Bonchev–Trinajstić information content (AvgIpc) is 2.49. The maximum absolute atomic E-state index is 12.2. The summed E-state index contributed by atoms with van der Waals surface area (Å²) in [6.45, 7) is 0.695. The van der Waals surface area contributed by atoms with E-state index in [1.54, 1.807) is 12.1 Å². The van der Waals surface area contributed by atoms with Gasteiger partial charge in [-0.3, -0.25) is 4.79 Å². The molecule has 0 fully saturated rings. The monoisotopic (exact) mass is 288 g/mol. The second kappa shape index (κ2) is 5.56. The average molecular weight is 289 g/mol. The third-order valence-corrected chi connectivity index (χ3v) is 3.48. The highest BCUT2D eigenvalue weighted by atomic mass is 35.5. The van der Waals surface area contributed by atoms with Crippen LogP contribution < -0.4 is 10.6 Å². The first-order valence-corrected chi connectivity index (χ1v) is 6.70. The number of carbonyl (C=O) groups excluding carboxylic acids is 1. The highest BCUT2D eigenvalue weighted by Crippen LogP contribution is 2.17. The van der Waals surface area contributed by atoms with Crippen LogP contribution in [-0.4, -0.2) is 22.1 Å². The summed E-state index contributed by atoms with van der Waals surface area (Å²) in [5.74, 6) is 0.288. The lowest BCUT2D eigenvalue weighted by Crippen LogP contribution is -2.44. The lowest BCUT2D eigenvalue weighted by Gasteiger charge is -2.25. The molecule has 1 amide bonds. The number of nitrogens with zero attached hydrogens (tertiary/aromatic N) is 2. The first-order chi connectivity index (χ1) is 9.72. The Morgan fingerprint density at radius 2 is 2.00 bits per heavy atom. The van der Waals surface area contributed by atoms with Crippen molar-refractivity contribution in [3.05, 3.63) is 52.7 Å². The number of amides is 1. The van der Waals surface area contributed by atoms with Gasteiger partial charge in [0, 0.05) is 6.54 Å². The van der Waals surface area contributed by atoms with Gasteiger partial charge in [0.25, 0.3) is 0 Å². The van der Waals surface area contributed by atoms with Gasteiger partial charge in [-0.2, -0.15) is 0 Å². The van der Waals surface area contributed by atoms with E-state index >= 15 is 0 Å². The fraction of sp³-hybridized carbons (Fsp3) is 0.214. The molecule has 0 saturated heterocycles. The molecule has 0 bridgehead atoms. The Bertz CT molecular complexity index is 629. The summed E-state index contributed by atoms with van der Waals surface area (Å²) in [6.07, 6.45) is 0.670. The maximum Gasteiger partial charge on any atom is 0.243 e.